The highest BCUT2D eigenvalue weighted by Gasteiger charge is 2.29. The lowest BCUT2D eigenvalue weighted by atomic mass is 9.96. The predicted octanol–water partition coefficient (Wildman–Crippen LogP) is -0.514. The maximum Gasteiger partial charge on any atom is 0.328 e. The van der Waals surface area contributed by atoms with Crippen molar-refractivity contribution < 1.29 is 24.3 Å². The van der Waals surface area contributed by atoms with Crippen LogP contribution in [0.4, 0.5) is 0 Å². The molecule has 0 unspecified atom stereocenters. The highest BCUT2D eigenvalue weighted by atomic mass is 16.4. The lowest BCUT2D eigenvalue weighted by Crippen LogP contribution is -2.50. The van der Waals surface area contributed by atoms with E-state index in [1.165, 1.54) is 6.92 Å². The van der Waals surface area contributed by atoms with Gasteiger partial charge in [0.2, 0.25) is 17.7 Å². The molecule has 28 heavy (non-hydrogen) atoms. The van der Waals surface area contributed by atoms with E-state index < -0.39 is 17.9 Å². The number of carboxylic acid groups (broad SMARTS) is 1. The third-order valence-electron chi connectivity index (χ3n) is 5.15. The standard InChI is InChI=1S/C19H30N4O5/c1-13(24)22-16(19(27)28)11-21-18(26)15-3-2-10-23(12-15)17(25)5-4-14-6-8-20-9-7-14/h4-5,14-16,20H,2-3,6-12H2,1H3,(H,21,26)(H,22,24)(H,27,28)/t15-,16+/m1/s1. The molecule has 4 N–H and O–H groups in total. The Labute approximate surface area is 164 Å². The second kappa shape index (κ2) is 10.8. The van der Waals surface area contributed by atoms with E-state index in [2.05, 4.69) is 16.0 Å². The fraction of sp³-hybridized carbons (Fsp3) is 0.684. The zero-order valence-electron chi connectivity index (χ0n) is 16.3. The topological polar surface area (TPSA) is 128 Å². The number of carbonyl (C=O) groups is 4. The van der Waals surface area contributed by atoms with Crippen molar-refractivity contribution in [2.24, 2.45) is 11.8 Å². The number of piperidine rings is 2. The summed E-state index contributed by atoms with van der Waals surface area (Å²) in [5.74, 6) is -2.03. The number of allylic oxidation sites excluding steroid dienone is 1. The average Bonchev–Trinajstić information content (AvgIpc) is 2.69. The fourth-order valence-corrected chi connectivity index (χ4v) is 3.54. The Balaban J connectivity index is 1.83. The van der Waals surface area contributed by atoms with E-state index in [0.717, 1.165) is 32.4 Å². The van der Waals surface area contributed by atoms with E-state index >= 15 is 0 Å². The Morgan fingerprint density at radius 2 is 1.93 bits per heavy atom. The molecule has 156 valence electrons. The second-order valence-electron chi connectivity index (χ2n) is 7.41. The first-order chi connectivity index (χ1) is 13.4. The molecule has 2 heterocycles. The van der Waals surface area contributed by atoms with Crippen molar-refractivity contribution in [3.8, 4) is 0 Å². The van der Waals surface area contributed by atoms with Gasteiger partial charge < -0.3 is 26.0 Å². The van der Waals surface area contributed by atoms with Crippen LogP contribution in [0.15, 0.2) is 12.2 Å². The Kier molecular flexibility index (Phi) is 8.43. The van der Waals surface area contributed by atoms with Crippen molar-refractivity contribution in [3.05, 3.63) is 12.2 Å². The van der Waals surface area contributed by atoms with Gasteiger partial charge in [-0.2, -0.15) is 0 Å². The van der Waals surface area contributed by atoms with E-state index in [4.69, 9.17) is 5.11 Å². The number of aliphatic carboxylic acids is 1. The Bertz CT molecular complexity index is 615. The molecule has 0 aromatic heterocycles. The van der Waals surface area contributed by atoms with Gasteiger partial charge in [-0.15, -0.1) is 0 Å². The van der Waals surface area contributed by atoms with E-state index in [-0.39, 0.29) is 24.3 Å². The van der Waals surface area contributed by atoms with Crippen LogP contribution >= 0.6 is 0 Å². The lowest BCUT2D eigenvalue weighted by molar-refractivity contribution is -0.141. The Hall–Kier alpha value is -2.42. The van der Waals surface area contributed by atoms with Crippen molar-refractivity contribution in [3.63, 3.8) is 0 Å². The van der Waals surface area contributed by atoms with Gasteiger partial charge in [0.1, 0.15) is 6.04 Å². The number of hydrogen-bond acceptors (Lipinski definition) is 5. The second-order valence-corrected chi connectivity index (χ2v) is 7.41. The number of nitrogens with zero attached hydrogens (tertiary/aromatic N) is 1. The summed E-state index contributed by atoms with van der Waals surface area (Å²) in [6.45, 7) is 3.89. The minimum atomic E-state index is -1.21. The zero-order valence-corrected chi connectivity index (χ0v) is 16.3. The number of likely N-dealkylation sites (tertiary alicyclic amines) is 1. The van der Waals surface area contributed by atoms with E-state index in [9.17, 15) is 19.2 Å². The van der Waals surface area contributed by atoms with Crippen LogP contribution in [0, 0.1) is 11.8 Å². The average molecular weight is 394 g/mol. The molecule has 0 radical (unpaired) electrons. The van der Waals surface area contributed by atoms with Gasteiger partial charge in [0, 0.05) is 26.6 Å². The van der Waals surface area contributed by atoms with Crippen LogP contribution in [0.2, 0.25) is 0 Å². The number of amides is 3. The summed E-state index contributed by atoms with van der Waals surface area (Å²) >= 11 is 0. The highest BCUT2D eigenvalue weighted by molar-refractivity contribution is 5.89. The Morgan fingerprint density at radius 1 is 1.21 bits per heavy atom. The van der Waals surface area contributed by atoms with Gasteiger partial charge in [0.15, 0.2) is 0 Å². The molecule has 3 amide bonds. The van der Waals surface area contributed by atoms with Crippen LogP contribution in [0.25, 0.3) is 0 Å². The van der Waals surface area contributed by atoms with Gasteiger partial charge >= 0.3 is 5.97 Å². The van der Waals surface area contributed by atoms with Gasteiger partial charge in [-0.1, -0.05) is 6.08 Å². The molecule has 2 atom stereocenters. The SMILES string of the molecule is CC(=O)N[C@@H](CNC(=O)[C@@H]1CCCN(C(=O)C=CC2CCNCC2)C1)C(=O)O. The first-order valence-electron chi connectivity index (χ1n) is 9.82. The van der Waals surface area contributed by atoms with Crippen molar-refractivity contribution in [1.82, 2.24) is 20.9 Å². The number of rotatable bonds is 7. The number of hydrogen-bond donors (Lipinski definition) is 4. The van der Waals surface area contributed by atoms with E-state index in [0.29, 0.717) is 25.4 Å². The Morgan fingerprint density at radius 3 is 2.57 bits per heavy atom. The van der Waals surface area contributed by atoms with Crippen molar-refractivity contribution in [1.29, 1.82) is 0 Å². The molecular weight excluding hydrogens is 364 g/mol. The summed E-state index contributed by atoms with van der Waals surface area (Å²) in [5.41, 5.74) is 0. The van der Waals surface area contributed by atoms with Gasteiger partial charge in [0.25, 0.3) is 0 Å². The van der Waals surface area contributed by atoms with Crippen LogP contribution in [0.5, 0.6) is 0 Å². The predicted molar refractivity (Wildman–Crippen MR) is 102 cm³/mol. The van der Waals surface area contributed by atoms with Crippen LogP contribution in [0.1, 0.15) is 32.6 Å². The molecule has 9 nitrogen and oxygen atoms in total. The molecule has 0 aliphatic carbocycles. The highest BCUT2D eigenvalue weighted by Crippen LogP contribution is 2.18. The molecule has 0 aromatic rings. The molecule has 0 spiro atoms. The van der Waals surface area contributed by atoms with Crippen LogP contribution in [-0.4, -0.2) is 72.5 Å². The summed E-state index contributed by atoms with van der Waals surface area (Å²) in [4.78, 5) is 48.7. The van der Waals surface area contributed by atoms with Gasteiger partial charge in [0.05, 0.1) is 5.92 Å². The fourth-order valence-electron chi connectivity index (χ4n) is 3.54. The summed E-state index contributed by atoms with van der Waals surface area (Å²) in [5, 5.41) is 17.2. The van der Waals surface area contributed by atoms with Crippen LogP contribution in [0.3, 0.4) is 0 Å². The third-order valence-corrected chi connectivity index (χ3v) is 5.15. The number of carbonyl (C=O) groups excluding carboxylic acids is 3. The maximum absolute atomic E-state index is 12.5. The third kappa shape index (κ3) is 6.95. The summed E-state index contributed by atoms with van der Waals surface area (Å²) < 4.78 is 0. The quantitative estimate of drug-likeness (QED) is 0.431. The molecule has 9 heteroatoms. The summed E-state index contributed by atoms with van der Waals surface area (Å²) in [6.07, 6.45) is 7.00. The summed E-state index contributed by atoms with van der Waals surface area (Å²) in [7, 11) is 0. The molecule has 2 rings (SSSR count). The molecule has 0 saturated carbocycles. The molecule has 0 aromatic carbocycles. The first kappa shape index (κ1) is 21.9. The molecule has 2 aliphatic rings. The lowest BCUT2D eigenvalue weighted by Gasteiger charge is -2.31. The minimum Gasteiger partial charge on any atom is -0.480 e. The smallest absolute Gasteiger partial charge is 0.328 e. The van der Waals surface area contributed by atoms with Crippen molar-refractivity contribution in [2.45, 2.75) is 38.6 Å². The molecule has 0 bridgehead atoms. The van der Waals surface area contributed by atoms with Crippen molar-refractivity contribution in [2.75, 3.05) is 32.7 Å². The molecular formula is C19H30N4O5. The van der Waals surface area contributed by atoms with Gasteiger partial charge in [-0.25, -0.2) is 4.79 Å². The largest absolute Gasteiger partial charge is 0.480 e. The molecule has 2 saturated heterocycles. The molecule has 2 fully saturated rings. The number of carboxylic acids is 1. The maximum atomic E-state index is 12.5. The first-order valence-corrected chi connectivity index (χ1v) is 9.82. The van der Waals surface area contributed by atoms with Crippen molar-refractivity contribution >= 4 is 23.7 Å². The minimum absolute atomic E-state index is 0.0855. The van der Waals surface area contributed by atoms with Crippen LogP contribution < -0.4 is 16.0 Å². The van der Waals surface area contributed by atoms with Crippen LogP contribution in [-0.2, 0) is 19.2 Å². The van der Waals surface area contributed by atoms with Gasteiger partial charge in [-0.3, -0.25) is 14.4 Å². The van der Waals surface area contributed by atoms with E-state index in [1.54, 1.807) is 11.0 Å². The monoisotopic (exact) mass is 394 g/mol. The zero-order chi connectivity index (χ0) is 20.5. The normalized spacial score (nSPS) is 21.9. The van der Waals surface area contributed by atoms with Gasteiger partial charge in [-0.05, 0) is 50.8 Å². The molecule has 2 aliphatic heterocycles. The van der Waals surface area contributed by atoms with E-state index in [1.807, 2.05) is 6.08 Å². The number of nitrogens with one attached hydrogen (secondary N) is 3. The summed E-state index contributed by atoms with van der Waals surface area (Å²) in [6, 6.07) is -1.17.